The van der Waals surface area contributed by atoms with Crippen molar-refractivity contribution in [1.82, 2.24) is 0 Å². The van der Waals surface area contributed by atoms with E-state index in [0.717, 1.165) is 21.3 Å². The number of carbonyl (C=O) groups is 1. The first-order valence-corrected chi connectivity index (χ1v) is 12.1. The van der Waals surface area contributed by atoms with Crippen LogP contribution in [-0.4, -0.2) is 22.2 Å². The zero-order chi connectivity index (χ0) is 19.2. The van der Waals surface area contributed by atoms with Gasteiger partial charge in [-0.25, -0.2) is 0 Å². The second-order valence-electron chi connectivity index (χ2n) is 7.06. The van der Waals surface area contributed by atoms with E-state index in [4.69, 9.17) is 0 Å². The first kappa shape index (κ1) is 20.8. The summed E-state index contributed by atoms with van der Waals surface area (Å²) in [4.78, 5) is 13.8. The highest BCUT2D eigenvalue weighted by Crippen LogP contribution is 2.39. The highest BCUT2D eigenvalue weighted by molar-refractivity contribution is 9.10. The van der Waals surface area contributed by atoms with E-state index in [0.29, 0.717) is 16.3 Å². The standard InChI is InChI=1S/C22H26BrNOS2/c1-15-6-5-7-16(2)22(15)24-21(25)14-26-19-8-3-4-9-20(19)27-18-12-10-17(23)11-13-18/h5-7,10-13,19-20H,3-4,8-9,14H2,1-2H3,(H,24,25). The molecule has 2 aromatic carbocycles. The number of benzene rings is 2. The van der Waals surface area contributed by atoms with Crippen LogP contribution < -0.4 is 5.32 Å². The second kappa shape index (κ2) is 10.0. The molecule has 5 heteroatoms. The highest BCUT2D eigenvalue weighted by Gasteiger charge is 2.27. The Balaban J connectivity index is 1.56. The van der Waals surface area contributed by atoms with Gasteiger partial charge in [-0.2, -0.15) is 0 Å². The molecule has 0 spiro atoms. The van der Waals surface area contributed by atoms with E-state index in [1.165, 1.54) is 30.6 Å². The summed E-state index contributed by atoms with van der Waals surface area (Å²) in [6.45, 7) is 4.09. The van der Waals surface area contributed by atoms with Crippen molar-refractivity contribution in [3.63, 3.8) is 0 Å². The molecule has 0 bridgehead atoms. The molecule has 0 radical (unpaired) electrons. The van der Waals surface area contributed by atoms with Crippen molar-refractivity contribution in [2.45, 2.75) is 54.9 Å². The van der Waals surface area contributed by atoms with E-state index in [1.807, 2.05) is 55.6 Å². The molecular weight excluding hydrogens is 438 g/mol. The average Bonchev–Trinajstić information content (AvgIpc) is 2.66. The summed E-state index contributed by atoms with van der Waals surface area (Å²) in [6, 6.07) is 14.7. The normalized spacial score (nSPS) is 19.7. The number of para-hydroxylation sites is 1. The van der Waals surface area contributed by atoms with E-state index in [2.05, 4.69) is 45.5 Å². The maximum atomic E-state index is 12.5. The molecule has 1 amide bonds. The average molecular weight is 464 g/mol. The Morgan fingerprint density at radius 2 is 1.67 bits per heavy atom. The number of anilines is 1. The van der Waals surface area contributed by atoms with Gasteiger partial charge in [0.1, 0.15) is 0 Å². The number of halogens is 1. The fraction of sp³-hybridized carbons (Fsp3) is 0.409. The molecule has 0 aromatic heterocycles. The van der Waals surface area contributed by atoms with Crippen molar-refractivity contribution in [3.05, 3.63) is 58.1 Å². The lowest BCUT2D eigenvalue weighted by molar-refractivity contribution is -0.113. The van der Waals surface area contributed by atoms with Crippen LogP contribution in [0.4, 0.5) is 5.69 Å². The van der Waals surface area contributed by atoms with Gasteiger partial charge in [0.15, 0.2) is 0 Å². The molecule has 2 atom stereocenters. The number of hydrogen-bond acceptors (Lipinski definition) is 3. The Bertz CT molecular complexity index is 758. The third-order valence-corrected chi connectivity index (χ3v) is 8.45. The molecule has 0 saturated heterocycles. The third kappa shape index (κ3) is 6.03. The molecule has 2 aromatic rings. The van der Waals surface area contributed by atoms with Crippen molar-refractivity contribution in [2.75, 3.05) is 11.1 Å². The van der Waals surface area contributed by atoms with Crippen molar-refractivity contribution < 1.29 is 4.79 Å². The van der Waals surface area contributed by atoms with Gasteiger partial charge in [-0.3, -0.25) is 4.79 Å². The van der Waals surface area contributed by atoms with Gasteiger partial charge in [0.05, 0.1) is 5.75 Å². The number of carbonyl (C=O) groups excluding carboxylic acids is 1. The van der Waals surface area contributed by atoms with Crippen LogP contribution in [-0.2, 0) is 4.79 Å². The Morgan fingerprint density at radius 3 is 2.33 bits per heavy atom. The summed E-state index contributed by atoms with van der Waals surface area (Å²) >= 11 is 7.30. The SMILES string of the molecule is Cc1cccc(C)c1NC(=O)CSC1CCCCC1Sc1ccc(Br)cc1. The summed E-state index contributed by atoms with van der Waals surface area (Å²) in [5.41, 5.74) is 3.21. The molecule has 1 fully saturated rings. The lowest BCUT2D eigenvalue weighted by Crippen LogP contribution is -2.27. The predicted octanol–water partition coefficient (Wildman–Crippen LogP) is 6.84. The molecule has 0 aliphatic heterocycles. The first-order chi connectivity index (χ1) is 13.0. The molecular formula is C22H26BrNOS2. The monoisotopic (exact) mass is 463 g/mol. The molecule has 2 nitrogen and oxygen atoms in total. The topological polar surface area (TPSA) is 29.1 Å². The summed E-state index contributed by atoms with van der Waals surface area (Å²) < 4.78 is 1.12. The molecule has 1 saturated carbocycles. The van der Waals surface area contributed by atoms with Crippen molar-refractivity contribution in [1.29, 1.82) is 0 Å². The minimum atomic E-state index is 0.107. The summed E-state index contributed by atoms with van der Waals surface area (Å²) in [5.74, 6) is 0.630. The minimum Gasteiger partial charge on any atom is -0.325 e. The smallest absolute Gasteiger partial charge is 0.234 e. The van der Waals surface area contributed by atoms with Crippen molar-refractivity contribution in [3.8, 4) is 0 Å². The lowest BCUT2D eigenvalue weighted by atomic mass is 10.00. The Labute approximate surface area is 179 Å². The fourth-order valence-corrected chi connectivity index (χ4v) is 6.45. The number of aryl methyl sites for hydroxylation is 2. The van der Waals surface area contributed by atoms with Crippen molar-refractivity contribution in [2.24, 2.45) is 0 Å². The molecule has 1 aliphatic carbocycles. The second-order valence-corrected chi connectivity index (χ2v) is 10.5. The molecule has 1 N–H and O–H groups in total. The Hall–Kier alpha value is -0.910. The number of thioether (sulfide) groups is 2. The lowest BCUT2D eigenvalue weighted by Gasteiger charge is -2.30. The van der Waals surface area contributed by atoms with Gasteiger partial charge in [0.25, 0.3) is 0 Å². The molecule has 2 unspecified atom stereocenters. The van der Waals surface area contributed by atoms with E-state index < -0.39 is 0 Å². The van der Waals surface area contributed by atoms with Crippen LogP contribution in [0.15, 0.2) is 51.8 Å². The highest BCUT2D eigenvalue weighted by atomic mass is 79.9. The van der Waals surface area contributed by atoms with Crippen LogP contribution in [0, 0.1) is 13.8 Å². The maximum absolute atomic E-state index is 12.5. The fourth-order valence-electron chi connectivity index (χ4n) is 3.45. The van der Waals surface area contributed by atoms with Crippen LogP contribution in [0.3, 0.4) is 0 Å². The van der Waals surface area contributed by atoms with Gasteiger partial charge >= 0.3 is 0 Å². The van der Waals surface area contributed by atoms with Gasteiger partial charge in [0, 0.05) is 25.6 Å². The molecule has 27 heavy (non-hydrogen) atoms. The molecule has 144 valence electrons. The van der Waals surface area contributed by atoms with Crippen LogP contribution in [0.2, 0.25) is 0 Å². The first-order valence-electron chi connectivity index (χ1n) is 9.43. The summed E-state index contributed by atoms with van der Waals surface area (Å²) in [5, 5.41) is 4.24. The zero-order valence-electron chi connectivity index (χ0n) is 15.8. The third-order valence-electron chi connectivity index (χ3n) is 4.92. The number of amides is 1. The Kier molecular flexibility index (Phi) is 7.74. The number of rotatable bonds is 6. The van der Waals surface area contributed by atoms with E-state index in [1.54, 1.807) is 0 Å². The predicted molar refractivity (Wildman–Crippen MR) is 123 cm³/mol. The zero-order valence-corrected chi connectivity index (χ0v) is 19.1. The van der Waals surface area contributed by atoms with E-state index >= 15 is 0 Å². The largest absolute Gasteiger partial charge is 0.325 e. The van der Waals surface area contributed by atoms with Gasteiger partial charge in [-0.15, -0.1) is 23.5 Å². The maximum Gasteiger partial charge on any atom is 0.234 e. The van der Waals surface area contributed by atoms with E-state index in [9.17, 15) is 4.79 Å². The van der Waals surface area contributed by atoms with Gasteiger partial charge in [0.2, 0.25) is 5.91 Å². The van der Waals surface area contributed by atoms with Crippen LogP contribution in [0.5, 0.6) is 0 Å². The van der Waals surface area contributed by atoms with Crippen molar-refractivity contribution >= 4 is 51.0 Å². The van der Waals surface area contributed by atoms with Crippen LogP contribution >= 0.6 is 39.5 Å². The Morgan fingerprint density at radius 1 is 1.04 bits per heavy atom. The molecule has 1 aliphatic rings. The molecule has 3 rings (SSSR count). The van der Waals surface area contributed by atoms with Gasteiger partial charge in [-0.05, 0) is 62.1 Å². The van der Waals surface area contributed by atoms with E-state index in [-0.39, 0.29) is 5.91 Å². The number of hydrogen-bond donors (Lipinski definition) is 1. The number of nitrogens with one attached hydrogen (secondary N) is 1. The molecule has 0 heterocycles. The van der Waals surface area contributed by atoms with Gasteiger partial charge < -0.3 is 5.32 Å². The summed E-state index contributed by atoms with van der Waals surface area (Å²) in [7, 11) is 0. The van der Waals surface area contributed by atoms with Crippen LogP contribution in [0.1, 0.15) is 36.8 Å². The minimum absolute atomic E-state index is 0.107. The quantitative estimate of drug-likeness (QED) is 0.507. The van der Waals surface area contributed by atoms with Gasteiger partial charge in [-0.1, -0.05) is 47.0 Å². The summed E-state index contributed by atoms with van der Waals surface area (Å²) in [6.07, 6.45) is 5.00. The van der Waals surface area contributed by atoms with Crippen LogP contribution in [0.25, 0.3) is 0 Å².